The van der Waals surface area contributed by atoms with E-state index in [1.165, 1.54) is 11.8 Å². The summed E-state index contributed by atoms with van der Waals surface area (Å²) in [7, 11) is 0. The SMILES string of the molecule is NC(=O)Nc1ccc(C(=O)CSc2ccccn2)cc1. The number of nitrogens with zero attached hydrogens (tertiary/aromatic N) is 1. The minimum Gasteiger partial charge on any atom is -0.351 e. The van der Waals surface area contributed by atoms with Crippen molar-refractivity contribution in [3.63, 3.8) is 0 Å². The molecule has 102 valence electrons. The molecule has 1 heterocycles. The number of primary amides is 1. The molecule has 0 atom stereocenters. The smallest absolute Gasteiger partial charge is 0.316 e. The van der Waals surface area contributed by atoms with Gasteiger partial charge in [-0.2, -0.15) is 0 Å². The van der Waals surface area contributed by atoms with Gasteiger partial charge in [-0.05, 0) is 36.4 Å². The van der Waals surface area contributed by atoms with E-state index in [2.05, 4.69) is 10.3 Å². The maximum absolute atomic E-state index is 12.0. The van der Waals surface area contributed by atoms with Crippen molar-refractivity contribution in [3.05, 3.63) is 54.2 Å². The number of thioether (sulfide) groups is 1. The average Bonchev–Trinajstić information content (AvgIpc) is 2.46. The lowest BCUT2D eigenvalue weighted by molar-refractivity contribution is 0.102. The van der Waals surface area contributed by atoms with Crippen LogP contribution in [0.5, 0.6) is 0 Å². The molecule has 0 saturated carbocycles. The zero-order valence-electron chi connectivity index (χ0n) is 10.6. The number of hydrogen-bond acceptors (Lipinski definition) is 4. The molecule has 3 N–H and O–H groups in total. The first-order chi connectivity index (χ1) is 9.65. The fourth-order valence-corrected chi connectivity index (χ4v) is 2.29. The number of ketones is 1. The quantitative estimate of drug-likeness (QED) is 0.653. The van der Waals surface area contributed by atoms with Gasteiger partial charge in [0.25, 0.3) is 0 Å². The molecule has 1 aromatic carbocycles. The van der Waals surface area contributed by atoms with E-state index < -0.39 is 6.03 Å². The first-order valence-electron chi connectivity index (χ1n) is 5.89. The minimum atomic E-state index is -0.630. The number of nitrogens with two attached hydrogens (primary N) is 1. The van der Waals surface area contributed by atoms with Crippen LogP contribution in [0.3, 0.4) is 0 Å². The van der Waals surface area contributed by atoms with Crippen LogP contribution in [-0.2, 0) is 0 Å². The molecule has 0 saturated heterocycles. The predicted octanol–water partition coefficient (Wildman–Crippen LogP) is 2.55. The number of benzene rings is 1. The number of carbonyl (C=O) groups excluding carboxylic acids is 2. The Labute approximate surface area is 120 Å². The van der Waals surface area contributed by atoms with E-state index in [0.717, 1.165) is 5.03 Å². The zero-order chi connectivity index (χ0) is 14.4. The van der Waals surface area contributed by atoms with Gasteiger partial charge in [0.1, 0.15) is 0 Å². The van der Waals surface area contributed by atoms with Crippen LogP contribution < -0.4 is 11.1 Å². The predicted molar refractivity (Wildman–Crippen MR) is 78.9 cm³/mol. The normalized spacial score (nSPS) is 10.0. The second-order valence-corrected chi connectivity index (χ2v) is 4.94. The second-order valence-electron chi connectivity index (χ2n) is 3.95. The van der Waals surface area contributed by atoms with Gasteiger partial charge in [0.05, 0.1) is 10.8 Å². The number of amides is 2. The van der Waals surface area contributed by atoms with E-state index in [1.54, 1.807) is 30.5 Å². The summed E-state index contributed by atoms with van der Waals surface area (Å²) < 4.78 is 0. The van der Waals surface area contributed by atoms with Gasteiger partial charge in [-0.3, -0.25) is 4.79 Å². The van der Waals surface area contributed by atoms with Crippen LogP contribution >= 0.6 is 11.8 Å². The Bertz CT molecular complexity index is 600. The number of rotatable bonds is 5. The number of Topliss-reactive ketones (excluding diaryl/α,β-unsaturated/α-hetero) is 1. The second kappa shape index (κ2) is 6.72. The first-order valence-corrected chi connectivity index (χ1v) is 6.87. The summed E-state index contributed by atoms with van der Waals surface area (Å²) >= 11 is 1.39. The Morgan fingerprint density at radius 3 is 2.50 bits per heavy atom. The third-order valence-electron chi connectivity index (χ3n) is 2.46. The Balaban J connectivity index is 1.94. The summed E-state index contributed by atoms with van der Waals surface area (Å²) in [6.45, 7) is 0. The molecule has 2 aromatic rings. The van der Waals surface area contributed by atoms with E-state index in [9.17, 15) is 9.59 Å². The van der Waals surface area contributed by atoms with Crippen LogP contribution in [0.1, 0.15) is 10.4 Å². The number of pyridine rings is 1. The third-order valence-corrected chi connectivity index (χ3v) is 3.41. The number of aromatic nitrogens is 1. The third kappa shape index (κ3) is 4.10. The van der Waals surface area contributed by atoms with Gasteiger partial charge in [0.15, 0.2) is 5.78 Å². The summed E-state index contributed by atoms with van der Waals surface area (Å²) in [6.07, 6.45) is 1.69. The molecule has 2 amide bonds. The number of carbonyl (C=O) groups is 2. The van der Waals surface area contributed by atoms with Gasteiger partial charge in [-0.15, -0.1) is 0 Å². The lowest BCUT2D eigenvalue weighted by atomic mass is 10.1. The van der Waals surface area contributed by atoms with Crippen molar-refractivity contribution >= 4 is 29.3 Å². The Morgan fingerprint density at radius 2 is 1.90 bits per heavy atom. The Kier molecular flexibility index (Phi) is 4.73. The molecule has 20 heavy (non-hydrogen) atoms. The van der Waals surface area contributed by atoms with E-state index in [0.29, 0.717) is 17.0 Å². The fourth-order valence-electron chi connectivity index (χ4n) is 1.54. The van der Waals surface area contributed by atoms with Crippen LogP contribution in [0.4, 0.5) is 10.5 Å². The first kappa shape index (κ1) is 14.1. The molecule has 0 radical (unpaired) electrons. The van der Waals surface area contributed by atoms with E-state index in [1.807, 2.05) is 18.2 Å². The van der Waals surface area contributed by atoms with Crippen LogP contribution in [0.25, 0.3) is 0 Å². The lowest BCUT2D eigenvalue weighted by Gasteiger charge is -2.04. The monoisotopic (exact) mass is 287 g/mol. The van der Waals surface area contributed by atoms with Crippen molar-refractivity contribution in [3.8, 4) is 0 Å². The molecule has 0 aliphatic carbocycles. The van der Waals surface area contributed by atoms with Crippen molar-refractivity contribution in [2.24, 2.45) is 5.73 Å². The molecular formula is C14H13N3O2S. The fraction of sp³-hybridized carbons (Fsp3) is 0.0714. The van der Waals surface area contributed by atoms with Crippen LogP contribution in [0, 0.1) is 0 Å². The van der Waals surface area contributed by atoms with Gasteiger partial charge >= 0.3 is 6.03 Å². The highest BCUT2D eigenvalue weighted by Crippen LogP contribution is 2.17. The molecule has 0 unspecified atom stereocenters. The van der Waals surface area contributed by atoms with Gasteiger partial charge in [-0.25, -0.2) is 9.78 Å². The molecule has 0 spiro atoms. The number of anilines is 1. The summed E-state index contributed by atoms with van der Waals surface area (Å²) in [5.74, 6) is 0.325. The largest absolute Gasteiger partial charge is 0.351 e. The molecule has 0 aliphatic rings. The molecule has 0 aliphatic heterocycles. The van der Waals surface area contributed by atoms with Crippen molar-refractivity contribution in [1.82, 2.24) is 4.98 Å². The summed E-state index contributed by atoms with van der Waals surface area (Å²) in [4.78, 5) is 26.8. The zero-order valence-corrected chi connectivity index (χ0v) is 11.4. The summed E-state index contributed by atoms with van der Waals surface area (Å²) in [5.41, 5.74) is 6.16. The van der Waals surface area contributed by atoms with Gasteiger partial charge in [0, 0.05) is 17.4 Å². The van der Waals surface area contributed by atoms with Crippen LogP contribution in [0.15, 0.2) is 53.7 Å². The molecule has 5 nitrogen and oxygen atoms in total. The van der Waals surface area contributed by atoms with Gasteiger partial charge in [0.2, 0.25) is 0 Å². The topological polar surface area (TPSA) is 85.1 Å². The van der Waals surface area contributed by atoms with E-state index in [4.69, 9.17) is 5.73 Å². The Morgan fingerprint density at radius 1 is 1.15 bits per heavy atom. The molecule has 0 fully saturated rings. The van der Waals surface area contributed by atoms with Gasteiger partial charge < -0.3 is 11.1 Å². The molecule has 2 rings (SSSR count). The average molecular weight is 287 g/mol. The maximum Gasteiger partial charge on any atom is 0.316 e. The molecular weight excluding hydrogens is 274 g/mol. The molecule has 1 aromatic heterocycles. The van der Waals surface area contributed by atoms with Gasteiger partial charge in [-0.1, -0.05) is 17.8 Å². The van der Waals surface area contributed by atoms with Crippen LogP contribution in [0.2, 0.25) is 0 Å². The van der Waals surface area contributed by atoms with Crippen molar-refractivity contribution in [2.75, 3.05) is 11.1 Å². The van der Waals surface area contributed by atoms with Crippen molar-refractivity contribution in [1.29, 1.82) is 0 Å². The highest BCUT2D eigenvalue weighted by molar-refractivity contribution is 7.99. The molecule has 0 bridgehead atoms. The standard InChI is InChI=1S/C14H13N3O2S/c15-14(19)17-11-6-4-10(5-7-11)12(18)9-20-13-3-1-2-8-16-13/h1-8H,9H2,(H3,15,17,19). The van der Waals surface area contributed by atoms with Crippen molar-refractivity contribution < 1.29 is 9.59 Å². The highest BCUT2D eigenvalue weighted by atomic mass is 32.2. The van der Waals surface area contributed by atoms with E-state index >= 15 is 0 Å². The number of hydrogen-bond donors (Lipinski definition) is 2. The number of nitrogens with one attached hydrogen (secondary N) is 1. The summed E-state index contributed by atoms with van der Waals surface area (Å²) in [5, 5.41) is 3.25. The van der Waals surface area contributed by atoms with Crippen molar-refractivity contribution in [2.45, 2.75) is 5.03 Å². The lowest BCUT2D eigenvalue weighted by Crippen LogP contribution is -2.19. The number of urea groups is 1. The maximum atomic E-state index is 12.0. The van der Waals surface area contributed by atoms with E-state index in [-0.39, 0.29) is 5.78 Å². The highest BCUT2D eigenvalue weighted by Gasteiger charge is 2.07. The Hall–Kier alpha value is -2.34. The minimum absolute atomic E-state index is 0.00581. The van der Waals surface area contributed by atoms with Crippen LogP contribution in [-0.4, -0.2) is 22.6 Å². The molecule has 6 heteroatoms. The summed E-state index contributed by atoms with van der Waals surface area (Å²) in [6, 6.07) is 11.5.